The van der Waals surface area contributed by atoms with E-state index in [0.29, 0.717) is 17.9 Å². The molecule has 0 spiro atoms. The van der Waals surface area contributed by atoms with Crippen molar-refractivity contribution in [2.75, 3.05) is 6.61 Å². The lowest BCUT2D eigenvalue weighted by molar-refractivity contribution is 0.303. The minimum Gasteiger partial charge on any atom is -0.494 e. The van der Waals surface area contributed by atoms with E-state index in [1.54, 1.807) is 31.2 Å². The molecule has 0 saturated heterocycles. The summed E-state index contributed by atoms with van der Waals surface area (Å²) in [6.07, 6.45) is 4.71. The summed E-state index contributed by atoms with van der Waals surface area (Å²) in [7, 11) is 0. The van der Waals surface area contributed by atoms with Gasteiger partial charge in [-0.3, -0.25) is 9.36 Å². The van der Waals surface area contributed by atoms with Gasteiger partial charge in [0.1, 0.15) is 17.4 Å². The van der Waals surface area contributed by atoms with E-state index in [-0.39, 0.29) is 23.2 Å². The molecule has 3 rings (SSSR count). The highest BCUT2D eigenvalue weighted by molar-refractivity contribution is 5.57. The lowest BCUT2D eigenvalue weighted by Gasteiger charge is -2.25. The smallest absolute Gasteiger partial charge is 0.281 e. The Bertz CT molecular complexity index is 965. The Morgan fingerprint density at radius 2 is 1.89 bits per heavy atom. The summed E-state index contributed by atoms with van der Waals surface area (Å²) in [6.45, 7) is 4.09. The van der Waals surface area contributed by atoms with Gasteiger partial charge in [0.2, 0.25) is 5.88 Å². The Balaban J connectivity index is 2.02. The topological polar surface area (TPSA) is 100.0 Å². The normalized spacial score (nSPS) is 14.9. The average molecular weight is 380 g/mol. The van der Waals surface area contributed by atoms with Crippen LogP contribution in [0.1, 0.15) is 56.2 Å². The van der Waals surface area contributed by atoms with E-state index in [1.165, 1.54) is 4.57 Å². The number of nitrogens with zero attached hydrogens (tertiary/aromatic N) is 4. The fraction of sp³-hybridized carbons (Fsp3) is 0.429. The van der Waals surface area contributed by atoms with Crippen LogP contribution in [-0.4, -0.2) is 16.3 Å². The molecule has 0 radical (unpaired) electrons. The van der Waals surface area contributed by atoms with E-state index in [1.807, 2.05) is 13.0 Å². The van der Waals surface area contributed by atoms with Crippen LogP contribution >= 0.6 is 0 Å². The zero-order valence-corrected chi connectivity index (χ0v) is 16.2. The predicted molar refractivity (Wildman–Crippen MR) is 106 cm³/mol. The van der Waals surface area contributed by atoms with Crippen LogP contribution < -0.4 is 10.3 Å². The molecule has 1 aromatic carbocycles. The fourth-order valence-corrected chi connectivity index (χ4v) is 3.59. The van der Waals surface area contributed by atoms with Gasteiger partial charge >= 0.3 is 0 Å². The fourth-order valence-electron chi connectivity index (χ4n) is 3.59. The summed E-state index contributed by atoms with van der Waals surface area (Å²) in [6, 6.07) is 8.94. The van der Waals surface area contributed by atoms with Gasteiger partial charge in [-0.1, -0.05) is 19.3 Å². The van der Waals surface area contributed by atoms with Crippen LogP contribution in [0.25, 0.3) is 0 Å². The van der Waals surface area contributed by atoms with Crippen LogP contribution in [-0.2, 0) is 0 Å². The molecule has 0 aliphatic heterocycles. The Kier molecular flexibility index (Phi) is 6.09. The lowest BCUT2D eigenvalue weighted by Crippen LogP contribution is -2.27. The molecular weight excluding hydrogens is 356 g/mol. The first-order valence-electron chi connectivity index (χ1n) is 9.59. The van der Waals surface area contributed by atoms with Crippen molar-refractivity contribution in [3.05, 3.63) is 45.7 Å². The minimum absolute atomic E-state index is 0.0748. The first kappa shape index (κ1) is 19.6. The Morgan fingerprint density at radius 1 is 1.21 bits per heavy atom. The predicted octanol–water partition coefficient (Wildman–Crippen LogP) is 5.05. The highest BCUT2D eigenvalue weighted by Gasteiger charge is 2.25. The maximum atomic E-state index is 13.1. The van der Waals surface area contributed by atoms with Gasteiger partial charge in [-0.05, 0) is 51.0 Å². The molecule has 7 heteroatoms. The molecule has 2 aromatic rings. The van der Waals surface area contributed by atoms with Crippen molar-refractivity contribution in [2.24, 2.45) is 10.2 Å². The second-order valence-corrected chi connectivity index (χ2v) is 6.88. The maximum absolute atomic E-state index is 13.1. The van der Waals surface area contributed by atoms with Gasteiger partial charge in [-0.2, -0.15) is 10.4 Å². The first-order valence-corrected chi connectivity index (χ1v) is 9.59. The quantitative estimate of drug-likeness (QED) is 0.733. The van der Waals surface area contributed by atoms with Crippen LogP contribution in [0.15, 0.2) is 39.3 Å². The molecule has 1 fully saturated rings. The molecular formula is C21H24N4O3. The number of hydrogen-bond donors (Lipinski definition) is 1. The number of azo groups is 1. The molecule has 0 bridgehead atoms. The van der Waals surface area contributed by atoms with Crippen molar-refractivity contribution in [1.29, 1.82) is 5.26 Å². The van der Waals surface area contributed by atoms with E-state index in [2.05, 4.69) is 10.2 Å². The molecule has 1 aromatic heterocycles. The standard InChI is InChI=1S/C21H24N4O3/c1-3-28-17-11-9-15(10-12-17)23-24-19-14(2)18(13-22)20(26)25(21(19)27)16-7-5-4-6-8-16/h9-12,16,26H,3-8H2,1-2H3. The van der Waals surface area contributed by atoms with Crippen molar-refractivity contribution in [3.63, 3.8) is 0 Å². The number of aromatic hydroxyl groups is 1. The number of benzene rings is 1. The van der Waals surface area contributed by atoms with Gasteiger partial charge in [0.25, 0.3) is 5.56 Å². The summed E-state index contributed by atoms with van der Waals surface area (Å²) in [5.41, 5.74) is 0.667. The Labute approximate surface area is 163 Å². The Hall–Kier alpha value is -3.14. The van der Waals surface area contributed by atoms with E-state index in [0.717, 1.165) is 37.9 Å². The van der Waals surface area contributed by atoms with Crippen molar-refractivity contribution in [2.45, 2.75) is 52.0 Å². The molecule has 7 nitrogen and oxygen atoms in total. The van der Waals surface area contributed by atoms with Crippen LogP contribution in [0.3, 0.4) is 0 Å². The zero-order valence-electron chi connectivity index (χ0n) is 16.2. The first-order chi connectivity index (χ1) is 13.6. The molecule has 0 unspecified atom stereocenters. The van der Waals surface area contributed by atoms with Crippen molar-refractivity contribution < 1.29 is 9.84 Å². The maximum Gasteiger partial charge on any atom is 0.281 e. The summed E-state index contributed by atoms with van der Waals surface area (Å²) in [5.74, 6) is 0.464. The van der Waals surface area contributed by atoms with Crippen molar-refractivity contribution >= 4 is 11.4 Å². The summed E-state index contributed by atoms with van der Waals surface area (Å²) in [4.78, 5) is 13.1. The van der Waals surface area contributed by atoms with E-state index >= 15 is 0 Å². The third-order valence-electron chi connectivity index (χ3n) is 5.07. The number of rotatable bonds is 5. The molecule has 28 heavy (non-hydrogen) atoms. The molecule has 1 saturated carbocycles. The number of aromatic nitrogens is 1. The SMILES string of the molecule is CCOc1ccc(N=Nc2c(C)c(C#N)c(O)n(C3CCCCC3)c2=O)cc1. The van der Waals surface area contributed by atoms with E-state index in [4.69, 9.17) is 4.74 Å². The highest BCUT2D eigenvalue weighted by atomic mass is 16.5. The number of pyridine rings is 1. The minimum atomic E-state index is -0.407. The largest absolute Gasteiger partial charge is 0.494 e. The van der Waals surface area contributed by atoms with Gasteiger partial charge in [0.05, 0.1) is 12.3 Å². The molecule has 1 aliphatic rings. The van der Waals surface area contributed by atoms with Crippen LogP contribution in [0, 0.1) is 18.3 Å². The molecule has 1 heterocycles. The molecule has 0 amide bonds. The number of nitriles is 1. The van der Waals surface area contributed by atoms with Crippen molar-refractivity contribution in [3.8, 4) is 17.7 Å². The third kappa shape index (κ3) is 3.91. The second-order valence-electron chi connectivity index (χ2n) is 6.88. The van der Waals surface area contributed by atoms with Crippen LogP contribution in [0.4, 0.5) is 11.4 Å². The van der Waals surface area contributed by atoms with Gasteiger partial charge in [0.15, 0.2) is 5.69 Å². The highest BCUT2D eigenvalue weighted by Crippen LogP contribution is 2.34. The second kappa shape index (κ2) is 8.70. The Morgan fingerprint density at radius 3 is 2.50 bits per heavy atom. The van der Waals surface area contributed by atoms with Crippen LogP contribution in [0.5, 0.6) is 11.6 Å². The monoisotopic (exact) mass is 380 g/mol. The lowest BCUT2D eigenvalue weighted by atomic mass is 9.94. The summed E-state index contributed by atoms with van der Waals surface area (Å²) in [5, 5.41) is 28.3. The number of ether oxygens (including phenoxy) is 1. The zero-order chi connectivity index (χ0) is 20.1. The summed E-state index contributed by atoms with van der Waals surface area (Å²) >= 11 is 0. The van der Waals surface area contributed by atoms with E-state index in [9.17, 15) is 15.2 Å². The molecule has 0 atom stereocenters. The van der Waals surface area contributed by atoms with Gasteiger partial charge in [-0.15, -0.1) is 5.11 Å². The third-order valence-corrected chi connectivity index (χ3v) is 5.07. The average Bonchev–Trinajstić information content (AvgIpc) is 2.70. The van der Waals surface area contributed by atoms with Gasteiger partial charge in [0, 0.05) is 11.6 Å². The number of hydrogen-bond acceptors (Lipinski definition) is 6. The van der Waals surface area contributed by atoms with Gasteiger partial charge < -0.3 is 9.84 Å². The van der Waals surface area contributed by atoms with Gasteiger partial charge in [-0.25, -0.2) is 0 Å². The molecule has 1 N–H and O–H groups in total. The summed E-state index contributed by atoms with van der Waals surface area (Å²) < 4.78 is 6.73. The van der Waals surface area contributed by atoms with E-state index < -0.39 is 5.56 Å². The molecule has 146 valence electrons. The molecule has 1 aliphatic carbocycles. The van der Waals surface area contributed by atoms with Crippen molar-refractivity contribution in [1.82, 2.24) is 4.57 Å². The van der Waals surface area contributed by atoms with Crippen LogP contribution in [0.2, 0.25) is 0 Å².